The third kappa shape index (κ3) is 5.78. The summed E-state index contributed by atoms with van der Waals surface area (Å²) in [5.41, 5.74) is 2.93. The van der Waals surface area contributed by atoms with Gasteiger partial charge in [0.25, 0.3) is 0 Å². The van der Waals surface area contributed by atoms with Crippen LogP contribution in [0.4, 0.5) is 13.2 Å². The van der Waals surface area contributed by atoms with Crippen molar-refractivity contribution in [2.75, 3.05) is 0 Å². The van der Waals surface area contributed by atoms with Crippen molar-refractivity contribution in [1.29, 1.82) is 0 Å². The van der Waals surface area contributed by atoms with Crippen molar-refractivity contribution in [1.82, 2.24) is 0 Å². The minimum atomic E-state index is -1.01. The minimum Gasteiger partial charge on any atom is -0.206 e. The molecule has 0 aromatic heterocycles. The Morgan fingerprint density at radius 1 is 0.548 bits per heavy atom. The van der Waals surface area contributed by atoms with Crippen LogP contribution >= 0.6 is 0 Å². The molecule has 164 valence electrons. The van der Waals surface area contributed by atoms with Gasteiger partial charge < -0.3 is 0 Å². The van der Waals surface area contributed by atoms with Gasteiger partial charge in [0, 0.05) is 16.7 Å². The average Bonchev–Trinajstić information content (AvgIpc) is 2.77. The number of hydrogen-bond acceptors (Lipinski definition) is 0. The molecule has 0 saturated heterocycles. The normalized spacial score (nSPS) is 11.1. The number of aryl methyl sites for hydroxylation is 2. The second kappa shape index (κ2) is 11.2. The maximum atomic E-state index is 14.9. The molecule has 0 amide bonds. The van der Waals surface area contributed by atoms with E-state index >= 15 is 0 Å². The fourth-order valence-electron chi connectivity index (χ4n) is 3.92. The molecule has 0 nitrogen and oxygen atoms in total. The zero-order chi connectivity index (χ0) is 22.2. The van der Waals surface area contributed by atoms with E-state index in [1.165, 1.54) is 30.2 Å². The van der Waals surface area contributed by atoms with E-state index < -0.39 is 17.5 Å². The minimum absolute atomic E-state index is 0.0463. The molecule has 3 aromatic rings. The van der Waals surface area contributed by atoms with Crippen molar-refractivity contribution in [3.8, 4) is 22.3 Å². The number of rotatable bonds is 10. The van der Waals surface area contributed by atoms with Gasteiger partial charge in [-0.1, -0.05) is 88.1 Å². The van der Waals surface area contributed by atoms with E-state index in [0.717, 1.165) is 50.5 Å². The van der Waals surface area contributed by atoms with Gasteiger partial charge in [0.05, 0.1) is 0 Å². The molecule has 0 atom stereocenters. The van der Waals surface area contributed by atoms with Crippen LogP contribution in [-0.2, 0) is 12.8 Å². The zero-order valence-electron chi connectivity index (χ0n) is 18.5. The fourth-order valence-corrected chi connectivity index (χ4v) is 3.92. The maximum Gasteiger partial charge on any atom is 0.167 e. The number of hydrogen-bond donors (Lipinski definition) is 0. The monoisotopic (exact) mass is 424 g/mol. The second-order valence-corrected chi connectivity index (χ2v) is 8.21. The predicted octanol–water partition coefficient (Wildman–Crippen LogP) is 8.90. The van der Waals surface area contributed by atoms with E-state index in [-0.39, 0.29) is 16.7 Å². The van der Waals surface area contributed by atoms with Gasteiger partial charge in [-0.25, -0.2) is 13.2 Å². The molecule has 0 N–H and O–H groups in total. The molecule has 0 aliphatic rings. The molecule has 31 heavy (non-hydrogen) atoms. The van der Waals surface area contributed by atoms with Crippen molar-refractivity contribution in [2.45, 2.75) is 65.2 Å². The van der Waals surface area contributed by atoms with E-state index in [9.17, 15) is 13.2 Å². The third-order valence-corrected chi connectivity index (χ3v) is 5.81. The number of unbranched alkanes of at least 4 members (excludes halogenated alkanes) is 4. The zero-order valence-corrected chi connectivity index (χ0v) is 18.5. The largest absolute Gasteiger partial charge is 0.206 e. The van der Waals surface area contributed by atoms with Gasteiger partial charge in [0.2, 0.25) is 0 Å². The van der Waals surface area contributed by atoms with Crippen LogP contribution in [0.15, 0.2) is 54.6 Å². The Bertz CT molecular complexity index is 990. The van der Waals surface area contributed by atoms with Crippen LogP contribution in [-0.4, -0.2) is 0 Å². The van der Waals surface area contributed by atoms with E-state index in [4.69, 9.17) is 0 Å². The lowest BCUT2D eigenvalue weighted by molar-refractivity contribution is 0.512. The summed E-state index contributed by atoms with van der Waals surface area (Å²) in [4.78, 5) is 0. The Morgan fingerprint density at radius 2 is 1.06 bits per heavy atom. The quantitative estimate of drug-likeness (QED) is 0.285. The Balaban J connectivity index is 1.82. The first kappa shape index (κ1) is 23.1. The summed E-state index contributed by atoms with van der Waals surface area (Å²) in [5, 5.41) is 0. The maximum absolute atomic E-state index is 14.9. The van der Waals surface area contributed by atoms with Crippen molar-refractivity contribution >= 4 is 0 Å². The highest BCUT2D eigenvalue weighted by atomic mass is 19.2. The van der Waals surface area contributed by atoms with Crippen LogP contribution in [0.2, 0.25) is 0 Å². The smallest absolute Gasteiger partial charge is 0.167 e. The van der Waals surface area contributed by atoms with Crippen LogP contribution in [0.1, 0.15) is 63.5 Å². The first-order valence-electron chi connectivity index (χ1n) is 11.4. The molecule has 0 heterocycles. The molecule has 3 heteroatoms. The summed E-state index contributed by atoms with van der Waals surface area (Å²) in [6.07, 6.45) is 8.41. The van der Waals surface area contributed by atoms with Gasteiger partial charge in [0.1, 0.15) is 5.82 Å². The first-order valence-corrected chi connectivity index (χ1v) is 11.4. The Labute approximate surface area is 184 Å². The van der Waals surface area contributed by atoms with Crippen LogP contribution in [0.5, 0.6) is 0 Å². The van der Waals surface area contributed by atoms with Crippen LogP contribution in [0.3, 0.4) is 0 Å². The van der Waals surface area contributed by atoms with E-state index in [1.54, 1.807) is 12.1 Å². The summed E-state index contributed by atoms with van der Waals surface area (Å²) in [5.74, 6) is -2.47. The van der Waals surface area contributed by atoms with Gasteiger partial charge >= 0.3 is 0 Å². The molecule has 0 saturated carbocycles. The van der Waals surface area contributed by atoms with Crippen molar-refractivity contribution < 1.29 is 13.2 Å². The van der Waals surface area contributed by atoms with Gasteiger partial charge in [0.15, 0.2) is 11.6 Å². The van der Waals surface area contributed by atoms with E-state index in [1.807, 2.05) is 24.3 Å². The van der Waals surface area contributed by atoms with Crippen LogP contribution < -0.4 is 0 Å². The van der Waals surface area contributed by atoms with Crippen LogP contribution in [0.25, 0.3) is 22.3 Å². The highest BCUT2D eigenvalue weighted by molar-refractivity contribution is 5.72. The summed E-state index contributed by atoms with van der Waals surface area (Å²) >= 11 is 0. The molecule has 0 bridgehead atoms. The molecule has 0 radical (unpaired) electrons. The fraction of sp³-hybridized carbons (Fsp3) is 0.357. The van der Waals surface area contributed by atoms with Crippen molar-refractivity contribution in [3.63, 3.8) is 0 Å². The molecule has 3 aromatic carbocycles. The molecular weight excluding hydrogens is 393 g/mol. The summed E-state index contributed by atoms with van der Waals surface area (Å²) in [6, 6.07) is 15.4. The van der Waals surface area contributed by atoms with Crippen LogP contribution in [0, 0.1) is 17.5 Å². The van der Waals surface area contributed by atoms with E-state index in [2.05, 4.69) is 13.8 Å². The lowest BCUT2D eigenvalue weighted by Gasteiger charge is -2.11. The van der Waals surface area contributed by atoms with Crippen molar-refractivity contribution in [3.05, 3.63) is 83.2 Å². The predicted molar refractivity (Wildman–Crippen MR) is 124 cm³/mol. The standard InChI is InChI=1S/C28H31F3/c1-3-5-7-9-20-11-14-22(15-12-20)23-17-18-25(28(31)27(23)30)24-16-13-21(19-26(24)29)10-8-6-4-2/h11-19H,3-10H2,1-2H3. The summed E-state index contributed by atoms with van der Waals surface area (Å²) in [6.45, 7) is 4.28. The lowest BCUT2D eigenvalue weighted by Crippen LogP contribution is -1.97. The van der Waals surface area contributed by atoms with E-state index in [0.29, 0.717) is 5.56 Å². The average molecular weight is 425 g/mol. The molecule has 0 aliphatic carbocycles. The van der Waals surface area contributed by atoms with Crippen molar-refractivity contribution in [2.24, 2.45) is 0 Å². The molecular formula is C28H31F3. The Morgan fingerprint density at radius 3 is 1.68 bits per heavy atom. The van der Waals surface area contributed by atoms with Gasteiger partial charge in [-0.15, -0.1) is 0 Å². The third-order valence-electron chi connectivity index (χ3n) is 5.81. The van der Waals surface area contributed by atoms with Gasteiger partial charge in [-0.05, 0) is 48.4 Å². The molecule has 0 spiro atoms. The number of benzene rings is 3. The SMILES string of the molecule is CCCCCc1ccc(-c2ccc(-c3ccc(CCCCC)cc3F)c(F)c2F)cc1. The lowest BCUT2D eigenvalue weighted by atomic mass is 9.96. The first-order chi connectivity index (χ1) is 15.0. The molecule has 0 fully saturated rings. The second-order valence-electron chi connectivity index (χ2n) is 8.21. The topological polar surface area (TPSA) is 0 Å². The highest BCUT2D eigenvalue weighted by Crippen LogP contribution is 2.33. The Hall–Kier alpha value is -2.55. The van der Waals surface area contributed by atoms with Gasteiger partial charge in [-0.3, -0.25) is 0 Å². The van der Waals surface area contributed by atoms with Gasteiger partial charge in [-0.2, -0.15) is 0 Å². The molecule has 0 aliphatic heterocycles. The Kier molecular flexibility index (Phi) is 8.34. The number of halogens is 3. The molecule has 3 rings (SSSR count). The summed E-state index contributed by atoms with van der Waals surface area (Å²) < 4.78 is 44.5. The summed E-state index contributed by atoms with van der Waals surface area (Å²) in [7, 11) is 0. The molecule has 0 unspecified atom stereocenters. The highest BCUT2D eigenvalue weighted by Gasteiger charge is 2.18.